The number of fused-ring (bicyclic) bond motifs is 1. The minimum atomic E-state index is -4.51. The highest BCUT2D eigenvalue weighted by Gasteiger charge is 2.55. The van der Waals surface area contributed by atoms with Gasteiger partial charge in [0.1, 0.15) is 5.75 Å². The first-order valence-corrected chi connectivity index (χ1v) is 7.77. The van der Waals surface area contributed by atoms with Crippen molar-refractivity contribution in [1.29, 1.82) is 0 Å². The SMILES string of the molecule is NC1CC2OCCC2(C(=O)NCc2cc(C(F)(F)F)ccc2O)C1. The van der Waals surface area contributed by atoms with Crippen LogP contribution in [-0.4, -0.2) is 29.8 Å². The summed E-state index contributed by atoms with van der Waals surface area (Å²) in [5, 5.41) is 12.4. The van der Waals surface area contributed by atoms with Crippen molar-refractivity contribution in [3.05, 3.63) is 29.3 Å². The minimum absolute atomic E-state index is 0.0207. The molecule has 0 radical (unpaired) electrons. The van der Waals surface area contributed by atoms with Crippen molar-refractivity contribution in [1.82, 2.24) is 5.32 Å². The molecule has 2 fully saturated rings. The molecule has 1 aromatic rings. The number of rotatable bonds is 3. The van der Waals surface area contributed by atoms with E-state index in [4.69, 9.17) is 10.5 Å². The monoisotopic (exact) mass is 344 g/mol. The van der Waals surface area contributed by atoms with Crippen LogP contribution in [0.3, 0.4) is 0 Å². The van der Waals surface area contributed by atoms with Crippen molar-refractivity contribution in [3.63, 3.8) is 0 Å². The fraction of sp³-hybridized carbons (Fsp3) is 0.562. The summed E-state index contributed by atoms with van der Waals surface area (Å²) in [5.74, 6) is -0.571. The van der Waals surface area contributed by atoms with E-state index in [2.05, 4.69) is 5.32 Å². The van der Waals surface area contributed by atoms with Crippen LogP contribution in [0.25, 0.3) is 0 Å². The summed E-state index contributed by atoms with van der Waals surface area (Å²) in [6, 6.07) is 2.50. The number of amides is 1. The molecular formula is C16H19F3N2O3. The Morgan fingerprint density at radius 1 is 1.46 bits per heavy atom. The van der Waals surface area contributed by atoms with Gasteiger partial charge in [-0.2, -0.15) is 13.2 Å². The van der Waals surface area contributed by atoms with E-state index in [-0.39, 0.29) is 35.9 Å². The Bertz CT molecular complexity index is 650. The number of phenolic OH excluding ortho intramolecular Hbond substituents is 1. The van der Waals surface area contributed by atoms with Crippen LogP contribution in [0.4, 0.5) is 13.2 Å². The highest BCUT2D eigenvalue weighted by molar-refractivity contribution is 5.84. The van der Waals surface area contributed by atoms with E-state index in [0.29, 0.717) is 25.9 Å². The van der Waals surface area contributed by atoms with E-state index in [1.807, 2.05) is 0 Å². The lowest BCUT2D eigenvalue weighted by Crippen LogP contribution is -2.43. The van der Waals surface area contributed by atoms with Crippen molar-refractivity contribution >= 4 is 5.91 Å². The molecule has 1 aliphatic carbocycles. The Kier molecular flexibility index (Phi) is 4.21. The summed E-state index contributed by atoms with van der Waals surface area (Å²) >= 11 is 0. The summed E-state index contributed by atoms with van der Waals surface area (Å²) in [4.78, 5) is 12.6. The number of nitrogens with one attached hydrogen (secondary N) is 1. The first-order chi connectivity index (χ1) is 11.2. The van der Waals surface area contributed by atoms with Crippen molar-refractivity contribution < 1.29 is 27.8 Å². The fourth-order valence-corrected chi connectivity index (χ4v) is 3.66. The van der Waals surface area contributed by atoms with Crippen molar-refractivity contribution in [3.8, 4) is 5.75 Å². The lowest BCUT2D eigenvalue weighted by Gasteiger charge is -2.26. The molecule has 1 aliphatic heterocycles. The summed E-state index contributed by atoms with van der Waals surface area (Å²) in [5.41, 5.74) is 4.36. The van der Waals surface area contributed by atoms with Gasteiger partial charge in [0.15, 0.2) is 0 Å². The number of hydrogen-bond acceptors (Lipinski definition) is 4. The quantitative estimate of drug-likeness (QED) is 0.782. The van der Waals surface area contributed by atoms with Gasteiger partial charge >= 0.3 is 6.18 Å². The van der Waals surface area contributed by atoms with Gasteiger partial charge in [-0.05, 0) is 37.5 Å². The molecule has 8 heteroatoms. The Morgan fingerprint density at radius 2 is 2.21 bits per heavy atom. The van der Waals surface area contributed by atoms with Gasteiger partial charge in [0, 0.05) is 24.8 Å². The molecule has 1 saturated heterocycles. The van der Waals surface area contributed by atoms with Crippen LogP contribution >= 0.6 is 0 Å². The number of carbonyl (C=O) groups is 1. The molecule has 1 saturated carbocycles. The lowest BCUT2D eigenvalue weighted by atomic mass is 9.81. The normalized spacial score (nSPS) is 29.5. The average Bonchev–Trinajstić information content (AvgIpc) is 3.01. The lowest BCUT2D eigenvalue weighted by molar-refractivity contribution is -0.137. The zero-order valence-electron chi connectivity index (χ0n) is 12.9. The smallest absolute Gasteiger partial charge is 0.416 e. The van der Waals surface area contributed by atoms with E-state index in [1.54, 1.807) is 0 Å². The molecule has 1 amide bonds. The van der Waals surface area contributed by atoms with Crippen LogP contribution in [0.1, 0.15) is 30.4 Å². The molecule has 3 unspecified atom stereocenters. The van der Waals surface area contributed by atoms with Gasteiger partial charge in [0.25, 0.3) is 0 Å². The van der Waals surface area contributed by atoms with Gasteiger partial charge < -0.3 is 20.9 Å². The number of benzene rings is 1. The highest BCUT2D eigenvalue weighted by atomic mass is 19.4. The topological polar surface area (TPSA) is 84.6 Å². The number of phenols is 1. The molecule has 24 heavy (non-hydrogen) atoms. The molecular weight excluding hydrogens is 325 g/mol. The molecule has 0 spiro atoms. The maximum atomic E-state index is 12.8. The molecule has 4 N–H and O–H groups in total. The number of ether oxygens (including phenoxy) is 1. The van der Waals surface area contributed by atoms with Crippen LogP contribution in [0, 0.1) is 5.41 Å². The molecule has 0 aromatic heterocycles. The summed E-state index contributed by atoms with van der Waals surface area (Å²) in [7, 11) is 0. The summed E-state index contributed by atoms with van der Waals surface area (Å²) in [6.45, 7) is 0.290. The van der Waals surface area contributed by atoms with Crippen LogP contribution < -0.4 is 11.1 Å². The van der Waals surface area contributed by atoms with E-state index in [1.165, 1.54) is 0 Å². The van der Waals surface area contributed by atoms with Crippen LogP contribution in [0.15, 0.2) is 18.2 Å². The number of alkyl halides is 3. The summed E-state index contributed by atoms with van der Waals surface area (Å²) < 4.78 is 43.9. The van der Waals surface area contributed by atoms with Gasteiger partial charge in [-0.3, -0.25) is 4.79 Å². The molecule has 3 rings (SSSR count). The number of hydrogen-bond donors (Lipinski definition) is 3. The third kappa shape index (κ3) is 2.95. The van der Waals surface area contributed by atoms with E-state index in [0.717, 1.165) is 18.2 Å². The second-order valence-corrected chi connectivity index (χ2v) is 6.49. The average molecular weight is 344 g/mol. The molecule has 0 bridgehead atoms. The molecule has 132 valence electrons. The maximum Gasteiger partial charge on any atom is 0.416 e. The van der Waals surface area contributed by atoms with Crippen LogP contribution in [-0.2, 0) is 22.3 Å². The molecule has 2 aliphatic rings. The van der Waals surface area contributed by atoms with Gasteiger partial charge in [-0.1, -0.05) is 0 Å². The van der Waals surface area contributed by atoms with E-state index in [9.17, 15) is 23.1 Å². The fourth-order valence-electron chi connectivity index (χ4n) is 3.66. The predicted molar refractivity (Wildman–Crippen MR) is 79.0 cm³/mol. The van der Waals surface area contributed by atoms with Gasteiger partial charge in [-0.25, -0.2) is 0 Å². The number of halogens is 3. The van der Waals surface area contributed by atoms with Crippen molar-refractivity contribution in [2.75, 3.05) is 6.61 Å². The van der Waals surface area contributed by atoms with Crippen LogP contribution in [0.5, 0.6) is 5.75 Å². The second-order valence-electron chi connectivity index (χ2n) is 6.49. The van der Waals surface area contributed by atoms with Crippen molar-refractivity contribution in [2.45, 2.75) is 44.1 Å². The first-order valence-electron chi connectivity index (χ1n) is 7.77. The predicted octanol–water partition coefficient (Wildman–Crippen LogP) is 1.92. The zero-order chi connectivity index (χ0) is 17.5. The molecule has 1 aromatic carbocycles. The van der Waals surface area contributed by atoms with Gasteiger partial charge in [0.2, 0.25) is 5.91 Å². The standard InChI is InChI=1S/C16H19F3N2O3/c17-16(18,19)10-1-2-12(22)9(5-10)8-21-14(23)15-3-4-24-13(15)6-11(20)7-15/h1-2,5,11,13,22H,3-4,6-8,20H2,(H,21,23). The second kappa shape index (κ2) is 5.93. The Hall–Kier alpha value is -1.80. The Morgan fingerprint density at radius 3 is 2.92 bits per heavy atom. The van der Waals surface area contributed by atoms with Gasteiger partial charge in [0.05, 0.1) is 17.1 Å². The Labute approximate surface area is 137 Å². The number of nitrogens with two attached hydrogens (primary N) is 1. The molecule has 1 heterocycles. The van der Waals surface area contributed by atoms with E-state index >= 15 is 0 Å². The summed E-state index contributed by atoms with van der Waals surface area (Å²) in [6.07, 6.45) is -3.11. The molecule has 5 nitrogen and oxygen atoms in total. The van der Waals surface area contributed by atoms with E-state index < -0.39 is 17.2 Å². The minimum Gasteiger partial charge on any atom is -0.508 e. The third-order valence-corrected chi connectivity index (χ3v) is 4.93. The maximum absolute atomic E-state index is 12.8. The molecule has 3 atom stereocenters. The number of aromatic hydroxyl groups is 1. The van der Waals surface area contributed by atoms with Crippen LogP contribution in [0.2, 0.25) is 0 Å². The van der Waals surface area contributed by atoms with Gasteiger partial charge in [-0.15, -0.1) is 0 Å². The highest BCUT2D eigenvalue weighted by Crippen LogP contribution is 2.47. The number of carbonyl (C=O) groups excluding carboxylic acids is 1. The Balaban J connectivity index is 1.73. The largest absolute Gasteiger partial charge is 0.508 e. The zero-order valence-corrected chi connectivity index (χ0v) is 12.9. The first kappa shape index (κ1) is 17.0. The third-order valence-electron chi connectivity index (χ3n) is 4.93. The van der Waals surface area contributed by atoms with Crippen molar-refractivity contribution in [2.24, 2.45) is 11.1 Å².